The van der Waals surface area contributed by atoms with Gasteiger partial charge >= 0.3 is 0 Å². The number of aromatic nitrogens is 1. The van der Waals surface area contributed by atoms with Crippen molar-refractivity contribution in [3.05, 3.63) is 64.8 Å². The number of halogens is 1. The maximum Gasteiger partial charge on any atom is 0.123 e. The van der Waals surface area contributed by atoms with Gasteiger partial charge in [-0.2, -0.15) is 0 Å². The van der Waals surface area contributed by atoms with Crippen LogP contribution >= 0.6 is 11.6 Å². The van der Waals surface area contributed by atoms with Crippen molar-refractivity contribution in [2.45, 2.75) is 13.2 Å². The van der Waals surface area contributed by atoms with Crippen LogP contribution in [0.2, 0.25) is 5.02 Å². The molecule has 0 aliphatic carbocycles. The van der Waals surface area contributed by atoms with E-state index in [9.17, 15) is 5.11 Å². The van der Waals surface area contributed by atoms with E-state index < -0.39 is 0 Å². The predicted molar refractivity (Wildman–Crippen MR) is 85.0 cm³/mol. The minimum absolute atomic E-state index is 0.0280. The van der Waals surface area contributed by atoms with Crippen molar-refractivity contribution in [1.29, 1.82) is 0 Å². The van der Waals surface area contributed by atoms with E-state index in [4.69, 9.17) is 16.3 Å². The van der Waals surface area contributed by atoms with Gasteiger partial charge < -0.3 is 14.4 Å². The highest BCUT2D eigenvalue weighted by Gasteiger charge is 2.10. The fourth-order valence-electron chi connectivity index (χ4n) is 2.63. The average Bonchev–Trinajstić information content (AvgIpc) is 2.86. The molecule has 0 aliphatic rings. The van der Waals surface area contributed by atoms with Crippen LogP contribution in [0.1, 0.15) is 11.1 Å². The van der Waals surface area contributed by atoms with Gasteiger partial charge in [0.1, 0.15) is 5.75 Å². The lowest BCUT2D eigenvalue weighted by Crippen LogP contribution is -2.00. The third-order valence-electron chi connectivity index (χ3n) is 3.62. The number of hydrogen-bond acceptors (Lipinski definition) is 2. The fraction of sp³-hybridized carbons (Fsp3) is 0.176. The Morgan fingerprint density at radius 1 is 1.14 bits per heavy atom. The molecule has 3 rings (SSSR count). The van der Waals surface area contributed by atoms with E-state index in [1.54, 1.807) is 7.11 Å². The summed E-state index contributed by atoms with van der Waals surface area (Å²) >= 11 is 6.09. The predicted octanol–water partition coefficient (Wildman–Crippen LogP) is 3.84. The lowest BCUT2D eigenvalue weighted by molar-refractivity contribution is 0.283. The van der Waals surface area contributed by atoms with Gasteiger partial charge in [0.15, 0.2) is 0 Å². The summed E-state index contributed by atoms with van der Waals surface area (Å²) in [7, 11) is 1.65. The summed E-state index contributed by atoms with van der Waals surface area (Å²) in [5.41, 5.74) is 3.02. The summed E-state index contributed by atoms with van der Waals surface area (Å²) in [6.45, 7) is 0.671. The molecule has 1 N–H and O–H groups in total. The van der Waals surface area contributed by atoms with Crippen LogP contribution in [-0.2, 0) is 13.2 Å². The molecule has 1 heterocycles. The molecule has 3 aromatic rings. The zero-order chi connectivity index (χ0) is 14.8. The van der Waals surface area contributed by atoms with Crippen LogP contribution in [0.4, 0.5) is 0 Å². The van der Waals surface area contributed by atoms with Crippen LogP contribution in [0.15, 0.2) is 48.7 Å². The number of aliphatic hydroxyl groups excluding tert-OH is 1. The van der Waals surface area contributed by atoms with Gasteiger partial charge in [0, 0.05) is 33.2 Å². The lowest BCUT2D eigenvalue weighted by Gasteiger charge is -2.11. The number of ether oxygens (including phenoxy) is 1. The Kier molecular flexibility index (Phi) is 3.86. The Morgan fingerprint density at radius 3 is 2.71 bits per heavy atom. The second-order valence-corrected chi connectivity index (χ2v) is 5.35. The third-order valence-corrected chi connectivity index (χ3v) is 3.86. The summed E-state index contributed by atoms with van der Waals surface area (Å²) in [6, 6.07) is 13.6. The number of fused-ring (bicyclic) bond motifs is 1. The molecule has 0 aliphatic heterocycles. The van der Waals surface area contributed by atoms with Gasteiger partial charge in [0.05, 0.1) is 20.3 Å². The summed E-state index contributed by atoms with van der Waals surface area (Å²) in [5, 5.41) is 11.3. The van der Waals surface area contributed by atoms with E-state index >= 15 is 0 Å². The van der Waals surface area contributed by atoms with Crippen molar-refractivity contribution in [2.75, 3.05) is 7.11 Å². The standard InChI is InChI=1S/C17H16ClNO2/c1-21-17-7-6-14(18)8-12(17)9-19-10-13(11-20)15-4-2-3-5-16(15)19/h2-8,10,20H,9,11H2,1H3. The van der Waals surface area contributed by atoms with E-state index in [-0.39, 0.29) is 6.61 Å². The highest BCUT2D eigenvalue weighted by molar-refractivity contribution is 6.30. The van der Waals surface area contributed by atoms with Crippen molar-refractivity contribution in [2.24, 2.45) is 0 Å². The fourth-order valence-corrected chi connectivity index (χ4v) is 2.83. The van der Waals surface area contributed by atoms with Crippen molar-refractivity contribution >= 4 is 22.5 Å². The van der Waals surface area contributed by atoms with Crippen LogP contribution < -0.4 is 4.74 Å². The third kappa shape index (κ3) is 2.62. The number of nitrogens with zero attached hydrogens (tertiary/aromatic N) is 1. The van der Waals surface area contributed by atoms with Crippen molar-refractivity contribution < 1.29 is 9.84 Å². The van der Waals surface area contributed by atoms with E-state index in [2.05, 4.69) is 4.57 Å². The van der Waals surface area contributed by atoms with Gasteiger partial charge in [-0.05, 0) is 24.3 Å². The largest absolute Gasteiger partial charge is 0.496 e. The smallest absolute Gasteiger partial charge is 0.123 e. The molecule has 2 aromatic carbocycles. The number of benzene rings is 2. The summed E-state index contributed by atoms with van der Waals surface area (Å²) in [6.07, 6.45) is 1.98. The molecule has 21 heavy (non-hydrogen) atoms. The normalized spacial score (nSPS) is 11.0. The number of hydrogen-bond donors (Lipinski definition) is 1. The Morgan fingerprint density at radius 2 is 1.95 bits per heavy atom. The number of rotatable bonds is 4. The molecule has 4 heteroatoms. The van der Waals surface area contributed by atoms with Gasteiger partial charge in [-0.1, -0.05) is 29.8 Å². The summed E-state index contributed by atoms with van der Waals surface area (Å²) < 4.78 is 7.50. The average molecular weight is 302 g/mol. The molecule has 1 aromatic heterocycles. The monoisotopic (exact) mass is 301 g/mol. The molecule has 0 amide bonds. The lowest BCUT2D eigenvalue weighted by atomic mass is 10.2. The number of methoxy groups -OCH3 is 1. The topological polar surface area (TPSA) is 34.4 Å². The minimum atomic E-state index is 0.0280. The van der Waals surface area contributed by atoms with Crippen molar-refractivity contribution in [3.63, 3.8) is 0 Å². The molecule has 0 spiro atoms. The van der Waals surface area contributed by atoms with Crippen LogP contribution in [0.25, 0.3) is 10.9 Å². The molecule has 0 saturated carbocycles. The van der Waals surface area contributed by atoms with Gasteiger partial charge in [0.25, 0.3) is 0 Å². The molecule has 0 unspecified atom stereocenters. The quantitative estimate of drug-likeness (QED) is 0.794. The van der Waals surface area contributed by atoms with E-state index in [1.165, 1.54) is 0 Å². The van der Waals surface area contributed by atoms with Crippen LogP contribution in [0.5, 0.6) is 5.75 Å². The Balaban J connectivity index is 2.08. The first-order valence-corrected chi connectivity index (χ1v) is 7.10. The molecule has 0 radical (unpaired) electrons. The SMILES string of the molecule is COc1ccc(Cl)cc1Cn1cc(CO)c2ccccc21. The highest BCUT2D eigenvalue weighted by Crippen LogP contribution is 2.27. The number of aliphatic hydroxyl groups is 1. The van der Waals surface area contributed by atoms with Gasteiger partial charge in [-0.3, -0.25) is 0 Å². The maximum absolute atomic E-state index is 9.50. The maximum atomic E-state index is 9.50. The number of para-hydroxylation sites is 1. The van der Waals surface area contributed by atoms with E-state index in [1.807, 2.05) is 48.7 Å². The molecule has 0 fully saturated rings. The van der Waals surface area contributed by atoms with Crippen LogP contribution in [0.3, 0.4) is 0 Å². The van der Waals surface area contributed by atoms with E-state index in [0.717, 1.165) is 27.8 Å². The first-order chi connectivity index (χ1) is 10.2. The molecular formula is C17H16ClNO2. The molecule has 108 valence electrons. The molecule has 0 bridgehead atoms. The van der Waals surface area contributed by atoms with Crippen molar-refractivity contribution in [1.82, 2.24) is 4.57 Å². The first kappa shape index (κ1) is 14.0. The first-order valence-electron chi connectivity index (χ1n) is 6.73. The molecule has 0 saturated heterocycles. The zero-order valence-electron chi connectivity index (χ0n) is 11.7. The Bertz CT molecular complexity index is 780. The zero-order valence-corrected chi connectivity index (χ0v) is 12.5. The van der Waals surface area contributed by atoms with Gasteiger partial charge in [-0.25, -0.2) is 0 Å². The second kappa shape index (κ2) is 5.80. The summed E-state index contributed by atoms with van der Waals surface area (Å²) in [4.78, 5) is 0. The summed E-state index contributed by atoms with van der Waals surface area (Å²) in [5.74, 6) is 0.808. The van der Waals surface area contributed by atoms with Crippen LogP contribution in [0, 0.1) is 0 Å². The second-order valence-electron chi connectivity index (χ2n) is 4.91. The van der Waals surface area contributed by atoms with Gasteiger partial charge in [0.2, 0.25) is 0 Å². The minimum Gasteiger partial charge on any atom is -0.496 e. The molecular weight excluding hydrogens is 286 g/mol. The van der Waals surface area contributed by atoms with E-state index in [0.29, 0.717) is 11.6 Å². The van der Waals surface area contributed by atoms with Crippen molar-refractivity contribution in [3.8, 4) is 5.75 Å². The Hall–Kier alpha value is -1.97. The van der Waals surface area contributed by atoms with Crippen LogP contribution in [-0.4, -0.2) is 16.8 Å². The Labute approximate surface area is 128 Å². The highest BCUT2D eigenvalue weighted by atomic mass is 35.5. The molecule has 3 nitrogen and oxygen atoms in total. The van der Waals surface area contributed by atoms with Gasteiger partial charge in [-0.15, -0.1) is 0 Å². The molecule has 0 atom stereocenters.